The molecule has 76 valence electrons. The predicted molar refractivity (Wildman–Crippen MR) is 55.5 cm³/mol. The number of halogens is 1. The van der Waals surface area contributed by atoms with Gasteiger partial charge in [-0.15, -0.1) is 0 Å². The van der Waals surface area contributed by atoms with E-state index in [0.29, 0.717) is 6.04 Å². The molecule has 0 spiro atoms. The van der Waals surface area contributed by atoms with Gasteiger partial charge in [0.25, 0.3) is 0 Å². The van der Waals surface area contributed by atoms with E-state index in [1.54, 1.807) is 0 Å². The quantitative estimate of drug-likeness (QED) is 0.775. The summed E-state index contributed by atoms with van der Waals surface area (Å²) in [6.45, 7) is 3.22. The summed E-state index contributed by atoms with van der Waals surface area (Å²) in [6, 6.07) is 7.06. The van der Waals surface area contributed by atoms with Gasteiger partial charge in [-0.05, 0) is 49.9 Å². The molecule has 0 aromatic heterocycles. The highest BCUT2D eigenvalue weighted by Gasteiger charge is 2.21. The van der Waals surface area contributed by atoms with E-state index in [4.69, 9.17) is 0 Å². The van der Waals surface area contributed by atoms with Crippen LogP contribution in [-0.2, 0) is 0 Å². The lowest BCUT2D eigenvalue weighted by molar-refractivity contribution is 0.547. The van der Waals surface area contributed by atoms with Crippen molar-refractivity contribution in [2.75, 3.05) is 6.54 Å². The molecule has 1 atom stereocenters. The topological polar surface area (TPSA) is 12.0 Å². The lowest BCUT2D eigenvalue weighted by Crippen LogP contribution is -2.20. The van der Waals surface area contributed by atoms with Gasteiger partial charge in [0.2, 0.25) is 0 Å². The molecule has 2 rings (SSSR count). The molecule has 0 bridgehead atoms. The zero-order chi connectivity index (χ0) is 9.97. The summed E-state index contributed by atoms with van der Waals surface area (Å²) >= 11 is 0. The van der Waals surface area contributed by atoms with Crippen LogP contribution in [-0.4, -0.2) is 6.54 Å². The highest BCUT2D eigenvalue weighted by molar-refractivity contribution is 5.19. The third-order valence-corrected chi connectivity index (χ3v) is 2.78. The first-order valence-electron chi connectivity index (χ1n) is 5.24. The Morgan fingerprint density at radius 2 is 2.00 bits per heavy atom. The number of hydrogen-bond acceptors (Lipinski definition) is 1. The Kier molecular flexibility index (Phi) is 2.82. The molecule has 2 heteroatoms. The van der Waals surface area contributed by atoms with Gasteiger partial charge in [-0.1, -0.05) is 12.1 Å². The fourth-order valence-electron chi connectivity index (χ4n) is 1.53. The van der Waals surface area contributed by atoms with Gasteiger partial charge in [0.1, 0.15) is 5.82 Å². The monoisotopic (exact) mass is 193 g/mol. The summed E-state index contributed by atoms with van der Waals surface area (Å²) in [7, 11) is 0. The van der Waals surface area contributed by atoms with E-state index in [1.807, 2.05) is 12.1 Å². The number of rotatable bonds is 4. The first-order chi connectivity index (χ1) is 6.75. The predicted octanol–water partition coefficient (Wildman–Crippen LogP) is 2.89. The molecule has 1 aliphatic rings. The van der Waals surface area contributed by atoms with Crippen molar-refractivity contribution in [1.29, 1.82) is 0 Å². The molecular weight excluding hydrogens is 177 g/mol. The average molecular weight is 193 g/mol. The molecule has 0 saturated heterocycles. The summed E-state index contributed by atoms with van der Waals surface area (Å²) in [6.07, 6.45) is 2.73. The summed E-state index contributed by atoms with van der Waals surface area (Å²) in [5.41, 5.74) is 1.16. The highest BCUT2D eigenvalue weighted by Crippen LogP contribution is 2.28. The maximum absolute atomic E-state index is 12.7. The fourth-order valence-corrected chi connectivity index (χ4v) is 1.53. The summed E-state index contributed by atoms with van der Waals surface area (Å²) < 4.78 is 12.7. The number of hydrogen-bond donors (Lipinski definition) is 1. The van der Waals surface area contributed by atoms with Crippen molar-refractivity contribution < 1.29 is 4.39 Å². The maximum Gasteiger partial charge on any atom is 0.123 e. The van der Waals surface area contributed by atoms with Crippen LogP contribution >= 0.6 is 0 Å². The Bertz CT molecular complexity index is 290. The molecule has 0 radical (unpaired) electrons. The molecule has 0 unspecified atom stereocenters. The Labute approximate surface area is 84.3 Å². The van der Waals surface area contributed by atoms with Crippen molar-refractivity contribution in [3.8, 4) is 0 Å². The summed E-state index contributed by atoms with van der Waals surface area (Å²) in [5, 5.41) is 3.46. The molecule has 1 N–H and O–H groups in total. The highest BCUT2D eigenvalue weighted by atomic mass is 19.1. The second-order valence-corrected chi connectivity index (χ2v) is 4.12. The van der Waals surface area contributed by atoms with Crippen molar-refractivity contribution >= 4 is 0 Å². The molecule has 1 aromatic rings. The Balaban J connectivity index is 1.88. The molecule has 0 amide bonds. The van der Waals surface area contributed by atoms with Crippen LogP contribution in [0.4, 0.5) is 4.39 Å². The van der Waals surface area contributed by atoms with E-state index < -0.39 is 0 Å². The van der Waals surface area contributed by atoms with Gasteiger partial charge >= 0.3 is 0 Å². The van der Waals surface area contributed by atoms with E-state index in [-0.39, 0.29) is 5.82 Å². The van der Waals surface area contributed by atoms with Crippen LogP contribution in [0, 0.1) is 11.7 Å². The number of nitrogens with one attached hydrogen (secondary N) is 1. The van der Waals surface area contributed by atoms with Crippen molar-refractivity contribution in [1.82, 2.24) is 5.32 Å². The minimum absolute atomic E-state index is 0.164. The second kappa shape index (κ2) is 4.09. The molecule has 1 nitrogen and oxygen atoms in total. The molecule has 1 fully saturated rings. The van der Waals surface area contributed by atoms with Gasteiger partial charge < -0.3 is 5.32 Å². The van der Waals surface area contributed by atoms with E-state index in [9.17, 15) is 4.39 Å². The van der Waals surface area contributed by atoms with Crippen molar-refractivity contribution in [2.24, 2.45) is 5.92 Å². The van der Waals surface area contributed by atoms with Crippen LogP contribution in [0.25, 0.3) is 0 Å². The third kappa shape index (κ3) is 2.55. The normalized spacial score (nSPS) is 18.1. The van der Waals surface area contributed by atoms with Gasteiger partial charge in [-0.2, -0.15) is 0 Å². The fraction of sp³-hybridized carbons (Fsp3) is 0.500. The molecular formula is C12H16FN. The van der Waals surface area contributed by atoms with Crippen LogP contribution in [0.5, 0.6) is 0 Å². The van der Waals surface area contributed by atoms with Gasteiger partial charge in [-0.3, -0.25) is 0 Å². The minimum atomic E-state index is -0.164. The van der Waals surface area contributed by atoms with Crippen LogP contribution in [0.1, 0.15) is 31.4 Å². The lowest BCUT2D eigenvalue weighted by Gasteiger charge is -2.13. The van der Waals surface area contributed by atoms with Gasteiger partial charge in [-0.25, -0.2) is 4.39 Å². The standard InChI is InChI=1S/C12H16FN/c1-9(14-8-10-2-3-10)11-4-6-12(13)7-5-11/h4-7,9-10,14H,2-3,8H2,1H3/t9-/m1/s1. The molecule has 1 saturated carbocycles. The van der Waals surface area contributed by atoms with E-state index >= 15 is 0 Å². The van der Waals surface area contributed by atoms with Crippen LogP contribution in [0.15, 0.2) is 24.3 Å². The molecule has 1 aliphatic carbocycles. The van der Waals surface area contributed by atoms with Crippen molar-refractivity contribution in [3.05, 3.63) is 35.6 Å². The Morgan fingerprint density at radius 1 is 1.36 bits per heavy atom. The largest absolute Gasteiger partial charge is 0.310 e. The van der Waals surface area contributed by atoms with E-state index in [0.717, 1.165) is 18.0 Å². The van der Waals surface area contributed by atoms with Crippen LogP contribution < -0.4 is 5.32 Å². The zero-order valence-electron chi connectivity index (χ0n) is 8.46. The first-order valence-corrected chi connectivity index (χ1v) is 5.24. The van der Waals surface area contributed by atoms with Gasteiger partial charge in [0.15, 0.2) is 0 Å². The smallest absolute Gasteiger partial charge is 0.123 e. The summed E-state index contributed by atoms with van der Waals surface area (Å²) in [4.78, 5) is 0. The van der Waals surface area contributed by atoms with Gasteiger partial charge in [0, 0.05) is 6.04 Å². The van der Waals surface area contributed by atoms with Crippen LogP contribution in [0.2, 0.25) is 0 Å². The summed E-state index contributed by atoms with van der Waals surface area (Å²) in [5.74, 6) is 0.723. The van der Waals surface area contributed by atoms with E-state index in [1.165, 1.54) is 25.0 Å². The maximum atomic E-state index is 12.7. The minimum Gasteiger partial charge on any atom is -0.310 e. The molecule has 0 heterocycles. The first kappa shape index (κ1) is 9.66. The SMILES string of the molecule is C[C@@H](NCC1CC1)c1ccc(F)cc1. The van der Waals surface area contributed by atoms with Crippen molar-refractivity contribution in [3.63, 3.8) is 0 Å². The van der Waals surface area contributed by atoms with Gasteiger partial charge in [0.05, 0.1) is 0 Å². The Morgan fingerprint density at radius 3 is 2.57 bits per heavy atom. The van der Waals surface area contributed by atoms with Crippen LogP contribution in [0.3, 0.4) is 0 Å². The second-order valence-electron chi connectivity index (χ2n) is 4.12. The zero-order valence-corrected chi connectivity index (χ0v) is 8.46. The lowest BCUT2D eigenvalue weighted by atomic mass is 10.1. The molecule has 14 heavy (non-hydrogen) atoms. The number of benzene rings is 1. The molecule has 1 aromatic carbocycles. The van der Waals surface area contributed by atoms with Crippen molar-refractivity contribution in [2.45, 2.75) is 25.8 Å². The Hall–Kier alpha value is -0.890. The van der Waals surface area contributed by atoms with E-state index in [2.05, 4.69) is 12.2 Å². The third-order valence-electron chi connectivity index (χ3n) is 2.78. The molecule has 0 aliphatic heterocycles. The average Bonchev–Trinajstić information content (AvgIpc) is 2.99.